The topological polar surface area (TPSA) is 64.8 Å². The van der Waals surface area contributed by atoms with E-state index in [1.807, 2.05) is 43.3 Å². The van der Waals surface area contributed by atoms with E-state index in [4.69, 9.17) is 10.5 Å². The van der Waals surface area contributed by atoms with Gasteiger partial charge in [0.15, 0.2) is 0 Å². The lowest BCUT2D eigenvalue weighted by Gasteiger charge is -2.15. The number of nitrogens with two attached hydrogens (primary N) is 1. The average Bonchev–Trinajstić information content (AvgIpc) is 2.39. The highest BCUT2D eigenvalue weighted by Gasteiger charge is 2.16. The second-order valence-corrected chi connectivity index (χ2v) is 4.59. The normalized spacial score (nSPS) is 12.3. The molecular weight excluding hydrogens is 244 g/mol. The van der Waals surface area contributed by atoms with Crippen molar-refractivity contribution in [3.8, 4) is 5.75 Å². The van der Waals surface area contributed by atoms with E-state index in [9.17, 15) is 4.79 Å². The van der Waals surface area contributed by atoms with Crippen LogP contribution in [0.1, 0.15) is 5.56 Å². The first-order chi connectivity index (χ1) is 9.04. The van der Waals surface area contributed by atoms with Gasteiger partial charge in [0, 0.05) is 13.0 Å². The van der Waals surface area contributed by atoms with Gasteiger partial charge in [-0.05, 0) is 25.7 Å². The van der Waals surface area contributed by atoms with E-state index in [1.54, 1.807) is 0 Å². The van der Waals surface area contributed by atoms with E-state index in [1.165, 1.54) is 7.11 Å². The van der Waals surface area contributed by atoms with E-state index in [0.29, 0.717) is 13.0 Å². The molecular formula is C14H22N2O3. The number of methoxy groups -OCH3 is 1. The molecule has 1 unspecified atom stereocenters. The molecule has 0 radical (unpaired) electrons. The van der Waals surface area contributed by atoms with Crippen molar-refractivity contribution in [1.82, 2.24) is 4.90 Å². The Labute approximate surface area is 114 Å². The Kier molecular flexibility index (Phi) is 6.32. The van der Waals surface area contributed by atoms with Gasteiger partial charge in [0.2, 0.25) is 0 Å². The van der Waals surface area contributed by atoms with Gasteiger partial charge in [0.1, 0.15) is 18.4 Å². The molecule has 0 spiro atoms. The Morgan fingerprint density at radius 3 is 2.68 bits per heavy atom. The molecule has 0 heterocycles. The number of hydrogen-bond donors (Lipinski definition) is 1. The third-order valence-electron chi connectivity index (χ3n) is 2.71. The third kappa shape index (κ3) is 5.28. The van der Waals surface area contributed by atoms with Crippen LogP contribution >= 0.6 is 0 Å². The maximum atomic E-state index is 11.3. The third-order valence-corrected chi connectivity index (χ3v) is 2.71. The molecule has 0 aliphatic carbocycles. The zero-order valence-electron chi connectivity index (χ0n) is 11.8. The van der Waals surface area contributed by atoms with Crippen molar-refractivity contribution in [1.29, 1.82) is 0 Å². The highest BCUT2D eigenvalue weighted by molar-refractivity contribution is 5.75. The standard InChI is InChI=1S/C14H22N2O3/c1-16(2)8-9-19-13-7-5-4-6-11(13)10-12(15)14(17)18-3/h4-7,12H,8-10,15H2,1-3H3. The highest BCUT2D eigenvalue weighted by atomic mass is 16.5. The number of hydrogen-bond acceptors (Lipinski definition) is 5. The van der Waals surface area contributed by atoms with E-state index in [2.05, 4.69) is 4.74 Å². The quantitative estimate of drug-likeness (QED) is 0.735. The predicted octanol–water partition coefficient (Wildman–Crippen LogP) is 0.670. The number of rotatable bonds is 7. The van der Waals surface area contributed by atoms with E-state index in [0.717, 1.165) is 17.9 Å². The zero-order valence-corrected chi connectivity index (χ0v) is 11.8. The minimum atomic E-state index is -0.663. The molecule has 1 atom stereocenters. The lowest BCUT2D eigenvalue weighted by molar-refractivity contribution is -0.142. The number of nitrogens with zero attached hydrogens (tertiary/aromatic N) is 1. The fraction of sp³-hybridized carbons (Fsp3) is 0.500. The zero-order chi connectivity index (χ0) is 14.3. The molecule has 2 N–H and O–H groups in total. The van der Waals surface area contributed by atoms with E-state index >= 15 is 0 Å². The van der Waals surface area contributed by atoms with Crippen LogP contribution in [-0.4, -0.2) is 51.3 Å². The molecule has 0 aliphatic rings. The molecule has 0 fully saturated rings. The van der Waals surface area contributed by atoms with Gasteiger partial charge in [-0.2, -0.15) is 0 Å². The summed E-state index contributed by atoms with van der Waals surface area (Å²) >= 11 is 0. The van der Waals surface area contributed by atoms with Gasteiger partial charge in [-0.1, -0.05) is 18.2 Å². The minimum Gasteiger partial charge on any atom is -0.492 e. The van der Waals surface area contributed by atoms with Crippen LogP contribution in [0, 0.1) is 0 Å². The molecule has 1 rings (SSSR count). The molecule has 0 bridgehead atoms. The summed E-state index contributed by atoms with van der Waals surface area (Å²) in [5.41, 5.74) is 6.68. The van der Waals surface area contributed by atoms with Crippen LogP contribution in [0.3, 0.4) is 0 Å². The van der Waals surface area contributed by atoms with Crippen LogP contribution in [0.2, 0.25) is 0 Å². The first-order valence-electron chi connectivity index (χ1n) is 6.23. The SMILES string of the molecule is COC(=O)C(N)Cc1ccccc1OCCN(C)C. The van der Waals surface area contributed by atoms with Gasteiger partial charge in [-0.3, -0.25) is 4.79 Å². The Morgan fingerprint density at radius 2 is 2.05 bits per heavy atom. The molecule has 5 heteroatoms. The summed E-state index contributed by atoms with van der Waals surface area (Å²) < 4.78 is 10.3. The summed E-state index contributed by atoms with van der Waals surface area (Å²) in [6.45, 7) is 1.43. The summed E-state index contributed by atoms with van der Waals surface area (Å²) in [4.78, 5) is 13.4. The molecule has 0 amide bonds. The van der Waals surface area contributed by atoms with Crippen molar-refractivity contribution in [3.63, 3.8) is 0 Å². The average molecular weight is 266 g/mol. The van der Waals surface area contributed by atoms with Gasteiger partial charge >= 0.3 is 5.97 Å². The van der Waals surface area contributed by atoms with Gasteiger partial charge in [0.05, 0.1) is 7.11 Å². The Balaban J connectivity index is 2.64. The number of ether oxygens (including phenoxy) is 2. The maximum Gasteiger partial charge on any atom is 0.322 e. The fourth-order valence-electron chi connectivity index (χ4n) is 1.62. The van der Waals surface area contributed by atoms with Gasteiger partial charge in [0.25, 0.3) is 0 Å². The molecule has 0 aromatic heterocycles. The van der Waals surface area contributed by atoms with Crippen molar-refractivity contribution >= 4 is 5.97 Å². The fourth-order valence-corrected chi connectivity index (χ4v) is 1.62. The Morgan fingerprint density at radius 1 is 1.37 bits per heavy atom. The monoisotopic (exact) mass is 266 g/mol. The van der Waals surface area contributed by atoms with E-state index < -0.39 is 12.0 Å². The number of carbonyl (C=O) groups is 1. The number of likely N-dealkylation sites (N-methyl/N-ethyl adjacent to an activating group) is 1. The number of benzene rings is 1. The van der Waals surface area contributed by atoms with Crippen LogP contribution in [0.4, 0.5) is 0 Å². The number of carbonyl (C=O) groups excluding carboxylic acids is 1. The van der Waals surface area contributed by atoms with Crippen molar-refractivity contribution in [2.75, 3.05) is 34.4 Å². The summed E-state index contributed by atoms with van der Waals surface area (Å²) in [6.07, 6.45) is 0.408. The smallest absolute Gasteiger partial charge is 0.322 e. The molecule has 106 valence electrons. The lowest BCUT2D eigenvalue weighted by atomic mass is 10.1. The molecule has 0 saturated heterocycles. The summed E-state index contributed by atoms with van der Waals surface area (Å²) in [7, 11) is 5.31. The summed E-state index contributed by atoms with van der Waals surface area (Å²) in [6, 6.07) is 6.93. The minimum absolute atomic E-state index is 0.408. The van der Waals surface area contributed by atoms with Crippen molar-refractivity contribution in [3.05, 3.63) is 29.8 Å². The first kappa shape index (κ1) is 15.5. The Hall–Kier alpha value is -1.59. The van der Waals surface area contributed by atoms with Crippen LogP contribution in [0.5, 0.6) is 5.75 Å². The second kappa shape index (κ2) is 7.76. The van der Waals surface area contributed by atoms with Crippen molar-refractivity contribution < 1.29 is 14.3 Å². The summed E-state index contributed by atoms with van der Waals surface area (Å²) in [5.74, 6) is 0.354. The van der Waals surface area contributed by atoms with Crippen molar-refractivity contribution in [2.45, 2.75) is 12.5 Å². The van der Waals surface area contributed by atoms with Crippen LogP contribution in [0.15, 0.2) is 24.3 Å². The van der Waals surface area contributed by atoms with Crippen LogP contribution < -0.4 is 10.5 Å². The lowest BCUT2D eigenvalue weighted by Crippen LogP contribution is -2.33. The van der Waals surface area contributed by atoms with Crippen LogP contribution in [0.25, 0.3) is 0 Å². The molecule has 1 aromatic carbocycles. The second-order valence-electron chi connectivity index (χ2n) is 4.59. The van der Waals surface area contributed by atoms with Gasteiger partial charge in [-0.25, -0.2) is 0 Å². The highest BCUT2D eigenvalue weighted by Crippen LogP contribution is 2.19. The Bertz CT molecular complexity index is 407. The molecule has 0 aliphatic heterocycles. The molecule has 19 heavy (non-hydrogen) atoms. The van der Waals surface area contributed by atoms with Crippen LogP contribution in [-0.2, 0) is 16.0 Å². The van der Waals surface area contributed by atoms with Gasteiger partial charge in [-0.15, -0.1) is 0 Å². The first-order valence-corrected chi connectivity index (χ1v) is 6.23. The van der Waals surface area contributed by atoms with Gasteiger partial charge < -0.3 is 20.1 Å². The summed E-state index contributed by atoms with van der Waals surface area (Å²) in [5, 5.41) is 0. The molecule has 1 aromatic rings. The number of esters is 1. The number of para-hydroxylation sites is 1. The maximum absolute atomic E-state index is 11.3. The van der Waals surface area contributed by atoms with E-state index in [-0.39, 0.29) is 0 Å². The predicted molar refractivity (Wildman–Crippen MR) is 74.2 cm³/mol. The molecule has 0 saturated carbocycles. The van der Waals surface area contributed by atoms with Crippen molar-refractivity contribution in [2.24, 2.45) is 5.73 Å². The largest absolute Gasteiger partial charge is 0.492 e. The molecule has 5 nitrogen and oxygen atoms in total.